The predicted molar refractivity (Wildman–Crippen MR) is 75.2 cm³/mol. The summed E-state index contributed by atoms with van der Waals surface area (Å²) in [6.45, 7) is 7.55. The monoisotopic (exact) mass is 273 g/mol. The summed E-state index contributed by atoms with van der Waals surface area (Å²) in [6, 6.07) is -1.14. The maximum atomic E-state index is 12.0. The van der Waals surface area contributed by atoms with Crippen LogP contribution < -0.4 is 5.32 Å². The molecule has 0 heterocycles. The zero-order chi connectivity index (χ0) is 15.0. The summed E-state index contributed by atoms with van der Waals surface area (Å²) < 4.78 is 0. The van der Waals surface area contributed by atoms with Crippen molar-refractivity contribution in [1.29, 1.82) is 0 Å². The number of carboxylic acid groups (broad SMARTS) is 1. The Kier molecular flexibility index (Phi) is 8.14. The molecule has 0 spiro atoms. The van der Waals surface area contributed by atoms with Crippen LogP contribution in [0.1, 0.15) is 27.2 Å². The Bertz CT molecular complexity index is 293. The van der Waals surface area contributed by atoms with Crippen LogP contribution in [-0.2, 0) is 4.79 Å². The van der Waals surface area contributed by atoms with Gasteiger partial charge in [0, 0.05) is 13.1 Å². The van der Waals surface area contributed by atoms with Crippen LogP contribution in [0.4, 0.5) is 4.79 Å². The highest BCUT2D eigenvalue weighted by molar-refractivity contribution is 5.82. The molecule has 19 heavy (non-hydrogen) atoms. The Morgan fingerprint density at radius 1 is 1.21 bits per heavy atom. The molecule has 0 aliphatic rings. The summed E-state index contributed by atoms with van der Waals surface area (Å²) in [5.74, 6) is -1.13. The van der Waals surface area contributed by atoms with Crippen LogP contribution >= 0.6 is 0 Å². The quantitative estimate of drug-likeness (QED) is 0.694. The summed E-state index contributed by atoms with van der Waals surface area (Å²) in [5.41, 5.74) is 0. The van der Waals surface area contributed by atoms with Gasteiger partial charge < -0.3 is 20.2 Å². The normalized spacial score (nSPS) is 12.6. The van der Waals surface area contributed by atoms with Gasteiger partial charge in [-0.15, -0.1) is 0 Å². The second-order valence-corrected chi connectivity index (χ2v) is 5.25. The first-order valence-electron chi connectivity index (χ1n) is 6.72. The first-order valence-corrected chi connectivity index (χ1v) is 6.72. The van der Waals surface area contributed by atoms with Gasteiger partial charge in [-0.05, 0) is 39.9 Å². The third-order valence-electron chi connectivity index (χ3n) is 2.91. The molecule has 0 aliphatic heterocycles. The van der Waals surface area contributed by atoms with Gasteiger partial charge in [0.1, 0.15) is 6.04 Å². The minimum Gasteiger partial charge on any atom is -0.480 e. The van der Waals surface area contributed by atoms with Gasteiger partial charge in [-0.1, -0.05) is 13.8 Å². The van der Waals surface area contributed by atoms with Gasteiger partial charge in [0.25, 0.3) is 0 Å². The topological polar surface area (TPSA) is 72.9 Å². The van der Waals surface area contributed by atoms with Crippen molar-refractivity contribution in [3.8, 4) is 0 Å². The molecule has 0 saturated carbocycles. The number of amides is 2. The van der Waals surface area contributed by atoms with E-state index in [0.29, 0.717) is 13.1 Å². The molecule has 0 fully saturated rings. The zero-order valence-corrected chi connectivity index (χ0v) is 12.6. The van der Waals surface area contributed by atoms with E-state index in [-0.39, 0.29) is 11.9 Å². The van der Waals surface area contributed by atoms with E-state index in [9.17, 15) is 9.59 Å². The maximum Gasteiger partial charge on any atom is 0.326 e. The van der Waals surface area contributed by atoms with E-state index in [1.807, 2.05) is 21.0 Å². The fraction of sp³-hybridized carbons (Fsp3) is 0.846. The molecule has 6 heteroatoms. The number of carbonyl (C=O) groups excluding carboxylic acids is 1. The number of nitrogens with one attached hydrogen (secondary N) is 1. The largest absolute Gasteiger partial charge is 0.480 e. The van der Waals surface area contributed by atoms with Gasteiger partial charge in [-0.3, -0.25) is 0 Å². The number of nitrogens with zero attached hydrogens (tertiary/aromatic N) is 2. The number of aliphatic carboxylic acids is 1. The van der Waals surface area contributed by atoms with Crippen LogP contribution in [0.3, 0.4) is 0 Å². The molecular weight excluding hydrogens is 246 g/mol. The minimum atomic E-state index is -0.993. The highest BCUT2D eigenvalue weighted by atomic mass is 16.4. The molecule has 112 valence electrons. The lowest BCUT2D eigenvalue weighted by atomic mass is 10.1. The molecule has 0 aromatic carbocycles. The lowest BCUT2D eigenvalue weighted by Gasteiger charge is -2.25. The third kappa shape index (κ3) is 7.00. The second kappa shape index (κ2) is 8.74. The first kappa shape index (κ1) is 17.7. The fourth-order valence-electron chi connectivity index (χ4n) is 1.72. The molecular formula is C13H27N3O3. The Morgan fingerprint density at radius 3 is 2.16 bits per heavy atom. The van der Waals surface area contributed by atoms with E-state index >= 15 is 0 Å². The van der Waals surface area contributed by atoms with E-state index in [1.54, 1.807) is 18.7 Å². The van der Waals surface area contributed by atoms with Crippen LogP contribution in [0, 0.1) is 5.92 Å². The highest BCUT2D eigenvalue weighted by Crippen LogP contribution is 2.03. The molecule has 0 aromatic heterocycles. The van der Waals surface area contributed by atoms with Crippen LogP contribution in [0.25, 0.3) is 0 Å². The molecule has 2 N–H and O–H groups in total. The Hall–Kier alpha value is -1.30. The Morgan fingerprint density at radius 2 is 1.79 bits per heavy atom. The van der Waals surface area contributed by atoms with E-state index in [1.165, 1.54) is 0 Å². The number of carboxylic acids is 1. The van der Waals surface area contributed by atoms with Gasteiger partial charge >= 0.3 is 12.0 Å². The molecule has 0 aliphatic carbocycles. The first-order chi connectivity index (χ1) is 8.79. The summed E-state index contributed by atoms with van der Waals surface area (Å²) >= 11 is 0. The van der Waals surface area contributed by atoms with Crippen molar-refractivity contribution in [2.75, 3.05) is 33.7 Å². The van der Waals surface area contributed by atoms with E-state index in [0.717, 1.165) is 13.0 Å². The molecule has 0 unspecified atom stereocenters. The number of hydrogen-bond donors (Lipinski definition) is 2. The average molecular weight is 273 g/mol. The van der Waals surface area contributed by atoms with Crippen molar-refractivity contribution >= 4 is 12.0 Å². The SMILES string of the molecule is CCN(CCCN(C)C)C(=O)N[C@H](C(=O)O)C(C)C. The zero-order valence-electron chi connectivity index (χ0n) is 12.6. The highest BCUT2D eigenvalue weighted by Gasteiger charge is 2.25. The summed E-state index contributed by atoms with van der Waals surface area (Å²) in [7, 11) is 3.96. The van der Waals surface area contributed by atoms with E-state index < -0.39 is 12.0 Å². The van der Waals surface area contributed by atoms with Crippen LogP contribution in [0.15, 0.2) is 0 Å². The molecule has 6 nitrogen and oxygen atoms in total. The van der Waals surface area contributed by atoms with E-state index in [2.05, 4.69) is 10.2 Å². The van der Waals surface area contributed by atoms with Gasteiger partial charge in [0.15, 0.2) is 0 Å². The molecule has 0 radical (unpaired) electrons. The number of hydrogen-bond acceptors (Lipinski definition) is 3. The van der Waals surface area contributed by atoms with Crippen LogP contribution in [0.2, 0.25) is 0 Å². The standard InChI is InChI=1S/C13H27N3O3/c1-6-16(9-7-8-15(4)5)13(19)14-11(10(2)3)12(17)18/h10-11H,6-9H2,1-5H3,(H,14,19)(H,17,18)/t11-/m0/s1. The molecule has 1 atom stereocenters. The molecule has 0 bridgehead atoms. The summed E-state index contributed by atoms with van der Waals surface area (Å²) in [5, 5.41) is 11.6. The van der Waals surface area contributed by atoms with Crippen molar-refractivity contribution in [2.45, 2.75) is 33.2 Å². The minimum absolute atomic E-state index is 0.137. The summed E-state index contributed by atoms with van der Waals surface area (Å²) in [4.78, 5) is 26.8. The molecule has 0 saturated heterocycles. The van der Waals surface area contributed by atoms with Gasteiger partial charge in [0.05, 0.1) is 0 Å². The van der Waals surface area contributed by atoms with Crippen molar-refractivity contribution in [3.05, 3.63) is 0 Å². The van der Waals surface area contributed by atoms with Gasteiger partial charge in [-0.25, -0.2) is 9.59 Å². The molecule has 0 rings (SSSR count). The van der Waals surface area contributed by atoms with Crippen molar-refractivity contribution in [3.63, 3.8) is 0 Å². The summed E-state index contributed by atoms with van der Waals surface area (Å²) in [6.07, 6.45) is 0.869. The van der Waals surface area contributed by atoms with Crippen LogP contribution in [-0.4, -0.2) is 66.7 Å². The Labute approximate surface area is 115 Å². The average Bonchev–Trinajstić information content (AvgIpc) is 2.30. The number of rotatable bonds is 8. The van der Waals surface area contributed by atoms with Crippen molar-refractivity contribution < 1.29 is 14.7 Å². The number of urea groups is 1. The maximum absolute atomic E-state index is 12.0. The van der Waals surface area contributed by atoms with Gasteiger partial charge in [-0.2, -0.15) is 0 Å². The lowest BCUT2D eigenvalue weighted by Crippen LogP contribution is -2.50. The molecule has 2 amide bonds. The van der Waals surface area contributed by atoms with E-state index in [4.69, 9.17) is 5.11 Å². The van der Waals surface area contributed by atoms with Crippen LogP contribution in [0.5, 0.6) is 0 Å². The fourth-order valence-corrected chi connectivity index (χ4v) is 1.72. The third-order valence-corrected chi connectivity index (χ3v) is 2.91. The Balaban J connectivity index is 4.37. The van der Waals surface area contributed by atoms with Crippen molar-refractivity contribution in [2.24, 2.45) is 5.92 Å². The lowest BCUT2D eigenvalue weighted by molar-refractivity contribution is -0.140. The van der Waals surface area contributed by atoms with Crippen molar-refractivity contribution in [1.82, 2.24) is 15.1 Å². The smallest absolute Gasteiger partial charge is 0.326 e. The predicted octanol–water partition coefficient (Wildman–Crippen LogP) is 1.08. The van der Waals surface area contributed by atoms with Gasteiger partial charge in [0.2, 0.25) is 0 Å². The number of carbonyl (C=O) groups is 2. The second-order valence-electron chi connectivity index (χ2n) is 5.25. The molecule has 0 aromatic rings.